The molecule has 0 aliphatic carbocycles. The highest BCUT2D eigenvalue weighted by Crippen LogP contribution is 2.14. The first kappa shape index (κ1) is 16.0. The maximum Gasteiger partial charge on any atom is 0.251 e. The maximum absolute atomic E-state index is 12.1. The normalized spacial score (nSPS) is 19.3. The fourth-order valence-electron chi connectivity index (χ4n) is 2.40. The molecule has 116 valence electrons. The van der Waals surface area contributed by atoms with E-state index >= 15 is 0 Å². The molecule has 0 radical (unpaired) electrons. The second-order valence-electron chi connectivity index (χ2n) is 6.40. The molecule has 21 heavy (non-hydrogen) atoms. The highest BCUT2D eigenvalue weighted by Gasteiger charge is 2.17. The van der Waals surface area contributed by atoms with Crippen molar-refractivity contribution in [2.24, 2.45) is 0 Å². The monoisotopic (exact) mass is 291 g/mol. The van der Waals surface area contributed by atoms with Crippen molar-refractivity contribution in [1.29, 1.82) is 0 Å². The summed E-state index contributed by atoms with van der Waals surface area (Å²) in [6.07, 6.45) is 3.50. The van der Waals surface area contributed by atoms with Gasteiger partial charge in [0.2, 0.25) is 0 Å². The topological polar surface area (TPSA) is 58.6 Å². The van der Waals surface area contributed by atoms with E-state index in [0.717, 1.165) is 31.4 Å². The number of aliphatic hydroxyl groups is 1. The SMILES string of the molecule is CC(C)(O)CCc1ccc(C(=O)N[C@H]2CCCOC2)cc1. The lowest BCUT2D eigenvalue weighted by Gasteiger charge is -2.23. The van der Waals surface area contributed by atoms with Gasteiger partial charge in [0.25, 0.3) is 5.91 Å². The van der Waals surface area contributed by atoms with Gasteiger partial charge in [-0.05, 0) is 57.2 Å². The molecule has 1 aliphatic rings. The lowest BCUT2D eigenvalue weighted by molar-refractivity contribution is 0.0624. The molecule has 1 aromatic rings. The molecule has 2 rings (SSSR count). The molecule has 0 unspecified atom stereocenters. The standard InChI is InChI=1S/C17H25NO3/c1-17(2,20)10-9-13-5-7-14(8-6-13)16(19)18-15-4-3-11-21-12-15/h5-8,15,20H,3-4,9-12H2,1-2H3,(H,18,19)/t15-/m0/s1. The fraction of sp³-hybridized carbons (Fsp3) is 0.588. The minimum absolute atomic E-state index is 0.0421. The molecular formula is C17H25NO3. The fourth-order valence-corrected chi connectivity index (χ4v) is 2.40. The Kier molecular flexibility index (Phi) is 5.37. The van der Waals surface area contributed by atoms with Gasteiger partial charge in [0, 0.05) is 12.2 Å². The first-order valence-electron chi connectivity index (χ1n) is 7.64. The van der Waals surface area contributed by atoms with Gasteiger partial charge in [-0.15, -0.1) is 0 Å². The lowest BCUT2D eigenvalue weighted by Crippen LogP contribution is -2.40. The second kappa shape index (κ2) is 7.05. The Balaban J connectivity index is 1.87. The lowest BCUT2D eigenvalue weighted by atomic mass is 9.98. The zero-order chi connectivity index (χ0) is 15.3. The van der Waals surface area contributed by atoms with E-state index in [-0.39, 0.29) is 11.9 Å². The van der Waals surface area contributed by atoms with Gasteiger partial charge in [-0.1, -0.05) is 12.1 Å². The van der Waals surface area contributed by atoms with E-state index < -0.39 is 5.60 Å². The Bertz CT molecular complexity index is 456. The van der Waals surface area contributed by atoms with E-state index in [1.807, 2.05) is 24.3 Å². The predicted molar refractivity (Wildman–Crippen MR) is 82.4 cm³/mol. The first-order chi connectivity index (χ1) is 9.94. The van der Waals surface area contributed by atoms with Gasteiger partial charge < -0.3 is 15.2 Å². The predicted octanol–water partition coefficient (Wildman–Crippen LogP) is 2.30. The summed E-state index contributed by atoms with van der Waals surface area (Å²) in [6, 6.07) is 7.73. The van der Waals surface area contributed by atoms with Crippen molar-refractivity contribution >= 4 is 5.91 Å². The average molecular weight is 291 g/mol. The van der Waals surface area contributed by atoms with Gasteiger partial charge in [-0.2, -0.15) is 0 Å². The number of benzene rings is 1. The van der Waals surface area contributed by atoms with Gasteiger partial charge in [-0.25, -0.2) is 0 Å². The molecular weight excluding hydrogens is 266 g/mol. The van der Waals surface area contributed by atoms with Crippen LogP contribution in [0.2, 0.25) is 0 Å². The van der Waals surface area contributed by atoms with Crippen molar-refractivity contribution in [3.63, 3.8) is 0 Å². The summed E-state index contributed by atoms with van der Waals surface area (Å²) in [5.41, 5.74) is 1.15. The number of ether oxygens (including phenoxy) is 1. The number of carbonyl (C=O) groups is 1. The van der Waals surface area contributed by atoms with Gasteiger partial charge >= 0.3 is 0 Å². The summed E-state index contributed by atoms with van der Waals surface area (Å²) in [7, 11) is 0. The van der Waals surface area contributed by atoms with Crippen molar-refractivity contribution in [3.05, 3.63) is 35.4 Å². The molecule has 2 N–H and O–H groups in total. The quantitative estimate of drug-likeness (QED) is 0.875. The molecule has 1 heterocycles. The number of carbonyl (C=O) groups excluding carboxylic acids is 1. The van der Waals surface area contributed by atoms with E-state index in [1.165, 1.54) is 0 Å². The van der Waals surface area contributed by atoms with Gasteiger partial charge in [-0.3, -0.25) is 4.79 Å². The molecule has 1 aliphatic heterocycles. The Labute approximate surface area is 126 Å². The van der Waals surface area contributed by atoms with Crippen LogP contribution in [0.15, 0.2) is 24.3 Å². The highest BCUT2D eigenvalue weighted by atomic mass is 16.5. The molecule has 0 saturated carbocycles. The maximum atomic E-state index is 12.1. The van der Waals surface area contributed by atoms with Crippen LogP contribution in [0.3, 0.4) is 0 Å². The van der Waals surface area contributed by atoms with Crippen LogP contribution in [0.25, 0.3) is 0 Å². The van der Waals surface area contributed by atoms with Crippen LogP contribution in [0.1, 0.15) is 49.0 Å². The van der Waals surface area contributed by atoms with Crippen LogP contribution in [0, 0.1) is 0 Å². The number of amides is 1. The van der Waals surface area contributed by atoms with Crippen molar-refractivity contribution in [2.75, 3.05) is 13.2 Å². The summed E-state index contributed by atoms with van der Waals surface area (Å²) in [5.74, 6) is -0.0421. The third-order valence-electron chi connectivity index (χ3n) is 3.74. The molecule has 1 fully saturated rings. The van der Waals surface area contributed by atoms with Gasteiger partial charge in [0.05, 0.1) is 18.2 Å². The smallest absolute Gasteiger partial charge is 0.251 e. The molecule has 1 atom stereocenters. The van der Waals surface area contributed by atoms with Crippen LogP contribution in [-0.2, 0) is 11.2 Å². The van der Waals surface area contributed by atoms with E-state index in [9.17, 15) is 9.90 Å². The highest BCUT2D eigenvalue weighted by molar-refractivity contribution is 5.94. The second-order valence-corrected chi connectivity index (χ2v) is 6.40. The molecule has 0 aromatic heterocycles. The van der Waals surface area contributed by atoms with Crippen LogP contribution < -0.4 is 5.32 Å². The third-order valence-corrected chi connectivity index (χ3v) is 3.74. The van der Waals surface area contributed by atoms with Crippen molar-refractivity contribution in [2.45, 2.75) is 51.2 Å². The Morgan fingerprint density at radius 1 is 1.38 bits per heavy atom. The van der Waals surface area contributed by atoms with Crippen LogP contribution in [-0.4, -0.2) is 35.9 Å². The number of aryl methyl sites for hydroxylation is 1. The summed E-state index contributed by atoms with van der Waals surface area (Å²) >= 11 is 0. The zero-order valence-electron chi connectivity index (χ0n) is 12.9. The molecule has 1 saturated heterocycles. The average Bonchev–Trinajstić information content (AvgIpc) is 2.46. The summed E-state index contributed by atoms with van der Waals surface area (Å²) in [4.78, 5) is 12.1. The number of hydrogen-bond acceptors (Lipinski definition) is 3. The summed E-state index contributed by atoms with van der Waals surface area (Å²) < 4.78 is 5.36. The van der Waals surface area contributed by atoms with E-state index in [4.69, 9.17) is 4.74 Å². The largest absolute Gasteiger partial charge is 0.390 e. The summed E-state index contributed by atoms with van der Waals surface area (Å²) in [5, 5.41) is 12.7. The number of hydrogen-bond donors (Lipinski definition) is 2. The van der Waals surface area contributed by atoms with Crippen LogP contribution in [0.5, 0.6) is 0 Å². The number of nitrogens with one attached hydrogen (secondary N) is 1. The zero-order valence-corrected chi connectivity index (χ0v) is 12.9. The molecule has 4 nitrogen and oxygen atoms in total. The molecule has 0 spiro atoms. The Hall–Kier alpha value is -1.39. The Morgan fingerprint density at radius 3 is 2.67 bits per heavy atom. The number of rotatable bonds is 5. The van der Waals surface area contributed by atoms with Crippen LogP contribution >= 0.6 is 0 Å². The molecule has 1 aromatic carbocycles. The minimum atomic E-state index is -0.656. The van der Waals surface area contributed by atoms with Crippen molar-refractivity contribution in [3.8, 4) is 0 Å². The molecule has 0 bridgehead atoms. The molecule has 4 heteroatoms. The van der Waals surface area contributed by atoms with E-state index in [0.29, 0.717) is 18.6 Å². The van der Waals surface area contributed by atoms with Gasteiger partial charge in [0.15, 0.2) is 0 Å². The molecule has 1 amide bonds. The summed E-state index contributed by atoms with van der Waals surface area (Å²) in [6.45, 7) is 5.01. The van der Waals surface area contributed by atoms with E-state index in [2.05, 4.69) is 5.32 Å². The first-order valence-corrected chi connectivity index (χ1v) is 7.64. The van der Waals surface area contributed by atoms with Crippen molar-refractivity contribution < 1.29 is 14.6 Å². The third kappa shape index (κ3) is 5.48. The van der Waals surface area contributed by atoms with Crippen LogP contribution in [0.4, 0.5) is 0 Å². The minimum Gasteiger partial charge on any atom is -0.390 e. The Morgan fingerprint density at radius 2 is 2.10 bits per heavy atom. The van der Waals surface area contributed by atoms with Crippen molar-refractivity contribution in [1.82, 2.24) is 5.32 Å². The van der Waals surface area contributed by atoms with Gasteiger partial charge in [0.1, 0.15) is 0 Å². The van der Waals surface area contributed by atoms with E-state index in [1.54, 1.807) is 13.8 Å².